The van der Waals surface area contributed by atoms with Crippen LogP contribution in [-0.4, -0.2) is 32.6 Å². The van der Waals surface area contributed by atoms with E-state index in [0.717, 1.165) is 30.8 Å². The lowest BCUT2D eigenvalue weighted by atomic mass is 10.1. The number of amides is 1. The number of nitrogens with one attached hydrogen (secondary N) is 2. The van der Waals surface area contributed by atoms with E-state index in [4.69, 9.17) is 0 Å². The van der Waals surface area contributed by atoms with Crippen LogP contribution in [0.25, 0.3) is 0 Å². The van der Waals surface area contributed by atoms with E-state index in [-0.39, 0.29) is 11.9 Å². The molecule has 0 saturated carbocycles. The molecule has 2 rings (SSSR count). The van der Waals surface area contributed by atoms with Crippen LogP contribution in [0.3, 0.4) is 0 Å². The molecule has 1 unspecified atom stereocenters. The molecule has 1 atom stereocenters. The van der Waals surface area contributed by atoms with Gasteiger partial charge in [0, 0.05) is 25.5 Å². The van der Waals surface area contributed by atoms with Gasteiger partial charge >= 0.3 is 0 Å². The van der Waals surface area contributed by atoms with Crippen molar-refractivity contribution in [2.75, 3.05) is 30.9 Å². The van der Waals surface area contributed by atoms with Gasteiger partial charge in [-0.05, 0) is 44.0 Å². The summed E-state index contributed by atoms with van der Waals surface area (Å²) in [6.07, 6.45) is 4.44. The molecule has 110 valence electrons. The molecule has 4 nitrogen and oxygen atoms in total. The number of carbonyl (C=O) groups excluding carboxylic acids is 1. The summed E-state index contributed by atoms with van der Waals surface area (Å²) in [4.78, 5) is 14.4. The molecule has 0 aliphatic carbocycles. The van der Waals surface area contributed by atoms with E-state index >= 15 is 0 Å². The Bertz CT molecular complexity index is 463. The summed E-state index contributed by atoms with van der Waals surface area (Å²) in [6, 6.07) is 5.99. The second-order valence-electron chi connectivity index (χ2n) is 5.74. The van der Waals surface area contributed by atoms with Crippen molar-refractivity contribution in [1.29, 1.82) is 0 Å². The van der Waals surface area contributed by atoms with Crippen LogP contribution in [0.2, 0.25) is 0 Å². The molecule has 20 heavy (non-hydrogen) atoms. The number of rotatable bonds is 3. The number of carbonyl (C=O) groups is 1. The maximum Gasteiger partial charge on any atom is 0.241 e. The number of nitrogens with zero attached hydrogens (tertiary/aromatic N) is 1. The van der Waals surface area contributed by atoms with E-state index in [1.165, 1.54) is 18.4 Å². The number of hydrogen-bond acceptors (Lipinski definition) is 3. The van der Waals surface area contributed by atoms with E-state index in [1.807, 2.05) is 32.3 Å². The zero-order valence-corrected chi connectivity index (χ0v) is 12.7. The third-order valence-electron chi connectivity index (χ3n) is 3.84. The SMILES string of the molecule is Cc1ccc(NC(=O)C2CCCCCN2)cc1N(C)C. The summed E-state index contributed by atoms with van der Waals surface area (Å²) in [6.45, 7) is 3.02. The molecule has 0 radical (unpaired) electrons. The van der Waals surface area contributed by atoms with Gasteiger partial charge in [-0.15, -0.1) is 0 Å². The summed E-state index contributed by atoms with van der Waals surface area (Å²) in [5.41, 5.74) is 3.22. The molecule has 1 heterocycles. The van der Waals surface area contributed by atoms with Crippen molar-refractivity contribution >= 4 is 17.3 Å². The Morgan fingerprint density at radius 2 is 2.10 bits per heavy atom. The minimum absolute atomic E-state index is 0.0541. The van der Waals surface area contributed by atoms with Gasteiger partial charge in [0.15, 0.2) is 0 Å². The van der Waals surface area contributed by atoms with Gasteiger partial charge in [-0.25, -0.2) is 0 Å². The van der Waals surface area contributed by atoms with Gasteiger partial charge in [0.1, 0.15) is 0 Å². The standard InChI is InChI=1S/C16H25N3O/c1-12-8-9-13(11-15(12)19(2)3)18-16(20)14-7-5-4-6-10-17-14/h8-9,11,14,17H,4-7,10H2,1-3H3,(H,18,20). The Morgan fingerprint density at radius 3 is 2.85 bits per heavy atom. The number of aryl methyl sites for hydroxylation is 1. The van der Waals surface area contributed by atoms with Gasteiger partial charge in [0.25, 0.3) is 0 Å². The highest BCUT2D eigenvalue weighted by molar-refractivity contribution is 5.95. The third-order valence-corrected chi connectivity index (χ3v) is 3.84. The number of anilines is 2. The lowest BCUT2D eigenvalue weighted by Gasteiger charge is -2.19. The minimum Gasteiger partial charge on any atom is -0.377 e. The maximum atomic E-state index is 12.3. The maximum absolute atomic E-state index is 12.3. The van der Waals surface area contributed by atoms with Gasteiger partial charge in [-0.2, -0.15) is 0 Å². The van der Waals surface area contributed by atoms with Gasteiger partial charge in [0.2, 0.25) is 5.91 Å². The average Bonchev–Trinajstić information content (AvgIpc) is 2.69. The lowest BCUT2D eigenvalue weighted by Crippen LogP contribution is -2.39. The Balaban J connectivity index is 2.05. The molecule has 1 aromatic carbocycles. The smallest absolute Gasteiger partial charge is 0.241 e. The van der Waals surface area contributed by atoms with Crippen molar-refractivity contribution in [3.63, 3.8) is 0 Å². The van der Waals surface area contributed by atoms with Crippen molar-refractivity contribution in [2.24, 2.45) is 0 Å². The van der Waals surface area contributed by atoms with Crippen LogP contribution in [0.1, 0.15) is 31.2 Å². The van der Waals surface area contributed by atoms with Crippen LogP contribution in [0.5, 0.6) is 0 Å². The Morgan fingerprint density at radius 1 is 1.30 bits per heavy atom. The Hall–Kier alpha value is -1.55. The zero-order chi connectivity index (χ0) is 14.5. The number of benzene rings is 1. The molecule has 1 amide bonds. The lowest BCUT2D eigenvalue weighted by molar-refractivity contribution is -0.118. The first-order chi connectivity index (χ1) is 9.58. The van der Waals surface area contributed by atoms with Crippen LogP contribution in [0.15, 0.2) is 18.2 Å². The first-order valence-electron chi connectivity index (χ1n) is 7.40. The topological polar surface area (TPSA) is 44.4 Å². The number of hydrogen-bond donors (Lipinski definition) is 2. The van der Waals surface area contributed by atoms with Crippen molar-refractivity contribution in [1.82, 2.24) is 5.32 Å². The van der Waals surface area contributed by atoms with Crippen molar-refractivity contribution < 1.29 is 4.79 Å². The zero-order valence-electron chi connectivity index (χ0n) is 12.7. The highest BCUT2D eigenvalue weighted by Crippen LogP contribution is 2.23. The minimum atomic E-state index is -0.0541. The van der Waals surface area contributed by atoms with Gasteiger partial charge < -0.3 is 15.5 Å². The predicted octanol–water partition coefficient (Wildman–Crippen LogP) is 2.53. The summed E-state index contributed by atoms with van der Waals surface area (Å²) in [5, 5.41) is 6.36. The quantitative estimate of drug-likeness (QED) is 0.891. The van der Waals surface area contributed by atoms with E-state index in [9.17, 15) is 4.79 Å². The summed E-state index contributed by atoms with van der Waals surface area (Å²) >= 11 is 0. The predicted molar refractivity (Wildman–Crippen MR) is 84.4 cm³/mol. The molecule has 0 spiro atoms. The normalized spacial score (nSPS) is 19.2. The molecular formula is C16H25N3O. The molecule has 1 fully saturated rings. The van der Waals surface area contributed by atoms with E-state index in [1.54, 1.807) is 0 Å². The molecule has 2 N–H and O–H groups in total. The summed E-state index contributed by atoms with van der Waals surface area (Å²) in [7, 11) is 4.03. The first-order valence-corrected chi connectivity index (χ1v) is 7.40. The largest absolute Gasteiger partial charge is 0.377 e. The molecule has 1 aliphatic rings. The van der Waals surface area contributed by atoms with Crippen LogP contribution >= 0.6 is 0 Å². The summed E-state index contributed by atoms with van der Waals surface area (Å²) < 4.78 is 0. The second-order valence-corrected chi connectivity index (χ2v) is 5.74. The molecule has 0 bridgehead atoms. The fourth-order valence-electron chi connectivity index (χ4n) is 2.65. The fourth-order valence-corrected chi connectivity index (χ4v) is 2.65. The van der Waals surface area contributed by atoms with Crippen LogP contribution < -0.4 is 15.5 Å². The molecule has 1 aromatic rings. The highest BCUT2D eigenvalue weighted by atomic mass is 16.2. The fraction of sp³-hybridized carbons (Fsp3) is 0.562. The van der Waals surface area contributed by atoms with E-state index in [2.05, 4.69) is 22.5 Å². The molecular weight excluding hydrogens is 250 g/mol. The Labute approximate surface area is 121 Å². The van der Waals surface area contributed by atoms with Crippen LogP contribution in [0.4, 0.5) is 11.4 Å². The van der Waals surface area contributed by atoms with Crippen molar-refractivity contribution in [2.45, 2.75) is 38.6 Å². The van der Waals surface area contributed by atoms with Crippen LogP contribution in [-0.2, 0) is 4.79 Å². The second kappa shape index (κ2) is 6.75. The first kappa shape index (κ1) is 14.9. The third kappa shape index (κ3) is 3.73. The highest BCUT2D eigenvalue weighted by Gasteiger charge is 2.19. The van der Waals surface area contributed by atoms with E-state index < -0.39 is 0 Å². The molecule has 4 heteroatoms. The van der Waals surface area contributed by atoms with Crippen LogP contribution in [0, 0.1) is 6.92 Å². The van der Waals surface area contributed by atoms with Crippen molar-refractivity contribution in [3.8, 4) is 0 Å². The summed E-state index contributed by atoms with van der Waals surface area (Å²) in [5.74, 6) is 0.0838. The Kier molecular flexibility index (Phi) is 5.01. The molecule has 0 aromatic heterocycles. The van der Waals surface area contributed by atoms with Gasteiger partial charge in [-0.3, -0.25) is 4.79 Å². The van der Waals surface area contributed by atoms with Crippen molar-refractivity contribution in [3.05, 3.63) is 23.8 Å². The monoisotopic (exact) mass is 275 g/mol. The van der Waals surface area contributed by atoms with Gasteiger partial charge in [-0.1, -0.05) is 18.9 Å². The van der Waals surface area contributed by atoms with Gasteiger partial charge in [0.05, 0.1) is 6.04 Å². The molecule has 1 aliphatic heterocycles. The van der Waals surface area contributed by atoms with E-state index in [0.29, 0.717) is 0 Å². The molecule has 1 saturated heterocycles. The average molecular weight is 275 g/mol.